The van der Waals surface area contributed by atoms with Gasteiger partial charge in [0.25, 0.3) is 0 Å². The van der Waals surface area contributed by atoms with Gasteiger partial charge in [-0.05, 0) is 63.5 Å². The second-order valence-corrected chi connectivity index (χ2v) is 8.99. The van der Waals surface area contributed by atoms with E-state index in [-0.39, 0.29) is 5.54 Å². The van der Waals surface area contributed by atoms with E-state index in [4.69, 9.17) is 5.10 Å². The summed E-state index contributed by atoms with van der Waals surface area (Å²) in [4.78, 5) is 6.56. The lowest BCUT2D eigenvalue weighted by molar-refractivity contribution is 0.198. The van der Waals surface area contributed by atoms with Gasteiger partial charge in [-0.1, -0.05) is 38.1 Å². The molecule has 0 saturated heterocycles. The fourth-order valence-electron chi connectivity index (χ4n) is 3.88. The highest BCUT2D eigenvalue weighted by molar-refractivity contribution is 5.76. The van der Waals surface area contributed by atoms with E-state index < -0.39 is 0 Å². The first kappa shape index (κ1) is 20.3. The van der Waals surface area contributed by atoms with Crippen LogP contribution < -0.4 is 0 Å². The van der Waals surface area contributed by atoms with Gasteiger partial charge in [-0.15, -0.1) is 0 Å². The maximum Gasteiger partial charge on any atom is 0.158 e. The normalized spacial score (nSPS) is 12.4. The number of aromatic nitrogens is 5. The van der Waals surface area contributed by atoms with Crippen LogP contribution in [0, 0.1) is 6.92 Å². The summed E-state index contributed by atoms with van der Waals surface area (Å²) in [5.41, 5.74) is 8.67. The Hall–Kier alpha value is -2.99. The average molecular weight is 403 g/mol. The van der Waals surface area contributed by atoms with Gasteiger partial charge in [0.2, 0.25) is 0 Å². The summed E-state index contributed by atoms with van der Waals surface area (Å²) >= 11 is 0. The van der Waals surface area contributed by atoms with Crippen LogP contribution in [0.2, 0.25) is 0 Å². The number of nitrogens with zero attached hydrogens (tertiary/aromatic N) is 5. The van der Waals surface area contributed by atoms with E-state index in [1.165, 1.54) is 11.1 Å². The molecule has 0 aliphatic heterocycles. The van der Waals surface area contributed by atoms with Crippen molar-refractivity contribution in [2.75, 3.05) is 14.1 Å². The van der Waals surface area contributed by atoms with Gasteiger partial charge in [-0.25, -0.2) is 9.50 Å². The van der Waals surface area contributed by atoms with Gasteiger partial charge >= 0.3 is 0 Å². The predicted molar refractivity (Wildman–Crippen MR) is 122 cm³/mol. The van der Waals surface area contributed by atoms with E-state index in [2.05, 4.69) is 99.1 Å². The standard InChI is InChI=1S/C24H30N6/c1-15(2)20-21(17-8-10-19(11-9-17)24(4,5)29(6)7)27-28-22(20)18-12-16(3)23-25-14-26-30(23)13-18/h8-15H,1-7H3,(H,27,28). The van der Waals surface area contributed by atoms with Crippen LogP contribution in [0.3, 0.4) is 0 Å². The van der Waals surface area contributed by atoms with Crippen LogP contribution in [0.1, 0.15) is 50.3 Å². The highest BCUT2D eigenvalue weighted by atomic mass is 15.3. The topological polar surface area (TPSA) is 62.1 Å². The number of aromatic amines is 1. The van der Waals surface area contributed by atoms with Crippen molar-refractivity contribution in [3.05, 3.63) is 59.5 Å². The number of benzene rings is 1. The van der Waals surface area contributed by atoms with Crippen LogP contribution in [0.4, 0.5) is 0 Å². The smallest absolute Gasteiger partial charge is 0.158 e. The molecule has 1 aromatic carbocycles. The molecule has 4 aromatic rings. The Balaban J connectivity index is 1.80. The molecule has 0 saturated carbocycles. The maximum absolute atomic E-state index is 4.72. The Morgan fingerprint density at radius 1 is 1.07 bits per heavy atom. The Labute approximate surface area is 178 Å². The number of fused-ring (bicyclic) bond motifs is 1. The molecule has 156 valence electrons. The van der Waals surface area contributed by atoms with Gasteiger partial charge in [0.15, 0.2) is 5.65 Å². The fourth-order valence-corrected chi connectivity index (χ4v) is 3.88. The molecule has 3 aromatic heterocycles. The first-order valence-electron chi connectivity index (χ1n) is 10.4. The van der Waals surface area contributed by atoms with Crippen LogP contribution in [-0.4, -0.2) is 43.8 Å². The van der Waals surface area contributed by atoms with Gasteiger partial charge in [0, 0.05) is 22.9 Å². The van der Waals surface area contributed by atoms with Crippen molar-refractivity contribution in [2.24, 2.45) is 0 Å². The summed E-state index contributed by atoms with van der Waals surface area (Å²) in [6.45, 7) is 10.9. The summed E-state index contributed by atoms with van der Waals surface area (Å²) in [5.74, 6) is 0.318. The lowest BCUT2D eigenvalue weighted by Gasteiger charge is -2.33. The second-order valence-electron chi connectivity index (χ2n) is 8.99. The largest absolute Gasteiger partial charge is 0.300 e. The first-order valence-corrected chi connectivity index (χ1v) is 10.4. The molecule has 0 amide bonds. The highest BCUT2D eigenvalue weighted by Gasteiger charge is 2.24. The van der Waals surface area contributed by atoms with E-state index >= 15 is 0 Å². The van der Waals surface area contributed by atoms with Gasteiger partial charge in [0.1, 0.15) is 6.33 Å². The summed E-state index contributed by atoms with van der Waals surface area (Å²) in [6, 6.07) is 10.9. The van der Waals surface area contributed by atoms with E-state index in [1.807, 2.05) is 10.7 Å². The molecule has 0 fully saturated rings. The Bertz CT molecular complexity index is 1180. The predicted octanol–water partition coefficient (Wildman–Crippen LogP) is 5.01. The van der Waals surface area contributed by atoms with Crippen LogP contribution >= 0.6 is 0 Å². The molecular weight excluding hydrogens is 372 g/mol. The molecule has 0 radical (unpaired) electrons. The van der Waals surface area contributed by atoms with Crippen LogP contribution in [0.5, 0.6) is 0 Å². The van der Waals surface area contributed by atoms with Crippen LogP contribution in [-0.2, 0) is 5.54 Å². The van der Waals surface area contributed by atoms with E-state index in [0.717, 1.165) is 33.7 Å². The van der Waals surface area contributed by atoms with Gasteiger partial charge in [-0.3, -0.25) is 5.10 Å². The van der Waals surface area contributed by atoms with Crippen LogP contribution in [0.15, 0.2) is 42.9 Å². The van der Waals surface area contributed by atoms with E-state index in [9.17, 15) is 0 Å². The average Bonchev–Trinajstić information content (AvgIpc) is 3.35. The number of hydrogen-bond acceptors (Lipinski definition) is 4. The highest BCUT2D eigenvalue weighted by Crippen LogP contribution is 2.36. The van der Waals surface area contributed by atoms with Crippen molar-refractivity contribution < 1.29 is 0 Å². The SMILES string of the molecule is Cc1cc(-c2n[nH]c(-c3ccc(C(C)(C)N(C)C)cc3)c2C(C)C)cn2ncnc12. The molecule has 0 aliphatic rings. The molecule has 0 unspecified atom stereocenters. The number of H-pyrrole nitrogens is 1. The number of nitrogens with one attached hydrogen (secondary N) is 1. The Morgan fingerprint density at radius 2 is 1.77 bits per heavy atom. The van der Waals surface area contributed by atoms with Crippen molar-refractivity contribution in [2.45, 2.75) is 46.1 Å². The molecule has 0 spiro atoms. The molecule has 3 heterocycles. The quantitative estimate of drug-likeness (QED) is 0.509. The van der Waals surface area contributed by atoms with Crippen molar-refractivity contribution in [1.29, 1.82) is 0 Å². The molecule has 0 aliphatic carbocycles. The van der Waals surface area contributed by atoms with Crippen LogP contribution in [0.25, 0.3) is 28.2 Å². The third-order valence-electron chi connectivity index (χ3n) is 6.21. The Kier molecular flexibility index (Phi) is 4.98. The third kappa shape index (κ3) is 3.31. The fraction of sp³-hybridized carbons (Fsp3) is 0.375. The maximum atomic E-state index is 4.72. The van der Waals surface area contributed by atoms with Gasteiger partial charge in [-0.2, -0.15) is 10.2 Å². The molecule has 30 heavy (non-hydrogen) atoms. The van der Waals surface area contributed by atoms with Gasteiger partial charge < -0.3 is 4.90 Å². The first-order chi connectivity index (χ1) is 14.2. The molecule has 4 rings (SSSR count). The molecule has 6 nitrogen and oxygen atoms in total. The second kappa shape index (κ2) is 7.36. The monoisotopic (exact) mass is 402 g/mol. The van der Waals surface area contributed by atoms with E-state index in [0.29, 0.717) is 5.92 Å². The molecule has 0 bridgehead atoms. The number of aryl methyl sites for hydroxylation is 1. The number of rotatable bonds is 5. The Morgan fingerprint density at radius 3 is 2.40 bits per heavy atom. The zero-order valence-electron chi connectivity index (χ0n) is 18.9. The molecule has 6 heteroatoms. The van der Waals surface area contributed by atoms with Crippen molar-refractivity contribution >= 4 is 5.65 Å². The zero-order valence-corrected chi connectivity index (χ0v) is 18.9. The minimum absolute atomic E-state index is 0.0245. The lowest BCUT2D eigenvalue weighted by atomic mass is 9.90. The zero-order chi connectivity index (χ0) is 21.6. The minimum Gasteiger partial charge on any atom is -0.300 e. The van der Waals surface area contributed by atoms with Gasteiger partial charge in [0.05, 0.1) is 11.4 Å². The summed E-state index contributed by atoms with van der Waals surface area (Å²) < 4.78 is 1.82. The summed E-state index contributed by atoms with van der Waals surface area (Å²) in [5, 5.41) is 12.3. The number of hydrogen-bond donors (Lipinski definition) is 1. The van der Waals surface area contributed by atoms with Crippen molar-refractivity contribution in [3.63, 3.8) is 0 Å². The van der Waals surface area contributed by atoms with Crippen molar-refractivity contribution in [1.82, 2.24) is 29.7 Å². The van der Waals surface area contributed by atoms with Crippen molar-refractivity contribution in [3.8, 4) is 22.5 Å². The summed E-state index contributed by atoms with van der Waals surface area (Å²) in [6.07, 6.45) is 3.59. The van der Waals surface area contributed by atoms with E-state index in [1.54, 1.807) is 6.33 Å². The minimum atomic E-state index is -0.0245. The molecular formula is C24H30N6. The number of pyridine rings is 1. The summed E-state index contributed by atoms with van der Waals surface area (Å²) in [7, 11) is 4.22. The lowest BCUT2D eigenvalue weighted by Crippen LogP contribution is -2.35. The third-order valence-corrected chi connectivity index (χ3v) is 6.21. The molecule has 1 N–H and O–H groups in total. The molecule has 0 atom stereocenters.